The van der Waals surface area contributed by atoms with Gasteiger partial charge in [-0.1, -0.05) is 18.2 Å². The monoisotopic (exact) mass is 346 g/mol. The van der Waals surface area contributed by atoms with Crippen LogP contribution in [0.1, 0.15) is 16.5 Å². The molecule has 0 amide bonds. The number of ether oxygens (including phenoxy) is 1. The molecule has 0 aliphatic heterocycles. The van der Waals surface area contributed by atoms with Gasteiger partial charge in [-0.3, -0.25) is 4.99 Å². The van der Waals surface area contributed by atoms with Gasteiger partial charge in [0.15, 0.2) is 5.96 Å². The van der Waals surface area contributed by atoms with Crippen molar-refractivity contribution in [3.8, 4) is 5.75 Å². The summed E-state index contributed by atoms with van der Waals surface area (Å²) in [5.41, 5.74) is 1.21. The molecule has 0 aliphatic rings. The van der Waals surface area contributed by atoms with Gasteiger partial charge in [0.25, 0.3) is 0 Å². The van der Waals surface area contributed by atoms with E-state index in [1.807, 2.05) is 12.1 Å². The van der Waals surface area contributed by atoms with Crippen LogP contribution in [0.15, 0.2) is 46.8 Å². The Kier molecular flexibility index (Phi) is 7.08. The molecule has 0 spiro atoms. The molecule has 0 radical (unpaired) electrons. The van der Waals surface area contributed by atoms with Crippen molar-refractivity contribution in [3.63, 3.8) is 0 Å². The molecule has 1 heterocycles. The van der Waals surface area contributed by atoms with Crippen LogP contribution < -0.4 is 15.4 Å². The molecule has 0 fully saturated rings. The topological polar surface area (TPSA) is 48.9 Å². The van der Waals surface area contributed by atoms with E-state index in [-0.39, 0.29) is 6.04 Å². The van der Waals surface area contributed by atoms with Crippen LogP contribution in [0.4, 0.5) is 0 Å². The van der Waals surface area contributed by atoms with E-state index in [1.165, 1.54) is 10.4 Å². The minimum Gasteiger partial charge on any atom is -0.497 e. The Morgan fingerprint density at radius 3 is 2.71 bits per heavy atom. The summed E-state index contributed by atoms with van der Waals surface area (Å²) in [5.74, 6) is 1.68. The van der Waals surface area contributed by atoms with E-state index in [0.29, 0.717) is 0 Å². The Hall–Kier alpha value is -2.05. The summed E-state index contributed by atoms with van der Waals surface area (Å²) in [5, 5.41) is 8.84. The number of thiophene rings is 1. The van der Waals surface area contributed by atoms with Crippen molar-refractivity contribution in [2.24, 2.45) is 4.99 Å². The van der Waals surface area contributed by atoms with Crippen LogP contribution in [0.2, 0.25) is 0 Å². The molecule has 130 valence electrons. The first-order valence-corrected chi connectivity index (χ1v) is 8.79. The molecule has 2 N–H and O–H groups in total. The molecule has 1 unspecified atom stereocenters. The summed E-state index contributed by atoms with van der Waals surface area (Å²) in [7, 11) is 7.64. The summed E-state index contributed by atoms with van der Waals surface area (Å²) in [6.07, 6.45) is 0. The smallest absolute Gasteiger partial charge is 0.191 e. The zero-order chi connectivity index (χ0) is 17.4. The zero-order valence-corrected chi connectivity index (χ0v) is 15.6. The van der Waals surface area contributed by atoms with Crippen molar-refractivity contribution in [3.05, 3.63) is 52.2 Å². The number of rotatable bonds is 7. The minimum absolute atomic E-state index is 0.223. The minimum atomic E-state index is 0.223. The highest BCUT2D eigenvalue weighted by Gasteiger charge is 2.15. The van der Waals surface area contributed by atoms with Crippen molar-refractivity contribution in [2.75, 3.05) is 34.8 Å². The van der Waals surface area contributed by atoms with E-state index in [0.717, 1.165) is 24.8 Å². The first-order chi connectivity index (χ1) is 11.6. The van der Waals surface area contributed by atoms with E-state index in [1.54, 1.807) is 25.5 Å². The summed E-state index contributed by atoms with van der Waals surface area (Å²) in [4.78, 5) is 7.78. The molecule has 0 bridgehead atoms. The van der Waals surface area contributed by atoms with Gasteiger partial charge in [0.05, 0.1) is 19.7 Å². The molecule has 5 nitrogen and oxygen atoms in total. The molecule has 1 aromatic heterocycles. The second-order valence-electron chi connectivity index (χ2n) is 5.64. The maximum Gasteiger partial charge on any atom is 0.191 e. The number of benzene rings is 1. The van der Waals surface area contributed by atoms with Gasteiger partial charge in [-0.2, -0.15) is 0 Å². The highest BCUT2D eigenvalue weighted by atomic mass is 32.1. The molecule has 2 aromatic rings. The number of nitrogens with zero attached hydrogens (tertiary/aromatic N) is 2. The molecule has 0 aliphatic carbocycles. The third kappa shape index (κ3) is 5.25. The number of nitrogens with one attached hydrogen (secondary N) is 2. The second kappa shape index (κ2) is 9.30. The lowest BCUT2D eigenvalue weighted by Gasteiger charge is -2.26. The Morgan fingerprint density at radius 2 is 2.08 bits per heavy atom. The maximum atomic E-state index is 5.34. The Balaban J connectivity index is 1.96. The zero-order valence-electron chi connectivity index (χ0n) is 14.7. The quantitative estimate of drug-likeness (QED) is 0.598. The highest BCUT2D eigenvalue weighted by molar-refractivity contribution is 7.09. The van der Waals surface area contributed by atoms with Crippen LogP contribution in [0.25, 0.3) is 0 Å². The third-order valence-corrected chi connectivity index (χ3v) is 4.67. The Labute approximate surface area is 148 Å². The lowest BCUT2D eigenvalue weighted by molar-refractivity contribution is 0.297. The van der Waals surface area contributed by atoms with Crippen LogP contribution in [0, 0.1) is 0 Å². The third-order valence-electron chi connectivity index (χ3n) is 3.80. The summed E-state index contributed by atoms with van der Waals surface area (Å²) in [6, 6.07) is 12.6. The largest absolute Gasteiger partial charge is 0.497 e. The molecule has 6 heteroatoms. The first kappa shape index (κ1) is 18.3. The Morgan fingerprint density at radius 1 is 1.25 bits per heavy atom. The molecular weight excluding hydrogens is 320 g/mol. The predicted octanol–water partition coefficient (Wildman–Crippen LogP) is 2.72. The predicted molar refractivity (Wildman–Crippen MR) is 102 cm³/mol. The normalized spacial score (nSPS) is 13.0. The van der Waals surface area contributed by atoms with Gasteiger partial charge >= 0.3 is 0 Å². The molecule has 0 saturated heterocycles. The van der Waals surface area contributed by atoms with Crippen LogP contribution >= 0.6 is 11.3 Å². The van der Waals surface area contributed by atoms with Crippen LogP contribution in [0.3, 0.4) is 0 Å². The van der Waals surface area contributed by atoms with Crippen molar-refractivity contribution < 1.29 is 4.74 Å². The van der Waals surface area contributed by atoms with Gasteiger partial charge in [-0.15, -0.1) is 11.3 Å². The molecule has 2 rings (SSSR count). The molecule has 24 heavy (non-hydrogen) atoms. The summed E-state index contributed by atoms with van der Waals surface area (Å²) in [6.45, 7) is 1.54. The average molecular weight is 347 g/mol. The maximum absolute atomic E-state index is 5.34. The van der Waals surface area contributed by atoms with Crippen LogP contribution in [-0.4, -0.2) is 45.7 Å². The average Bonchev–Trinajstić information content (AvgIpc) is 3.11. The number of likely N-dealkylation sites (N-methyl/N-ethyl adjacent to an activating group) is 1. The number of methoxy groups -OCH3 is 1. The van der Waals surface area contributed by atoms with Crippen molar-refractivity contribution in [1.29, 1.82) is 0 Å². The van der Waals surface area contributed by atoms with Crippen molar-refractivity contribution in [2.45, 2.75) is 12.6 Å². The number of hydrogen-bond donors (Lipinski definition) is 2. The molecule has 1 aromatic carbocycles. The standard InChI is InChI=1S/C18H26N4OS/c1-19-18(20-12-16-9-6-10-24-16)21-13-17(22(2)3)14-7-5-8-15(11-14)23-4/h5-11,17H,12-13H2,1-4H3,(H2,19,20,21). The van der Waals surface area contributed by atoms with Crippen LogP contribution in [0.5, 0.6) is 5.75 Å². The van der Waals surface area contributed by atoms with Gasteiger partial charge in [-0.25, -0.2) is 0 Å². The number of hydrogen-bond acceptors (Lipinski definition) is 4. The second-order valence-corrected chi connectivity index (χ2v) is 6.67. The SMILES string of the molecule is CN=C(NCc1cccs1)NCC(c1cccc(OC)c1)N(C)C. The van der Waals surface area contributed by atoms with Gasteiger partial charge < -0.3 is 20.3 Å². The fourth-order valence-electron chi connectivity index (χ4n) is 2.45. The van der Waals surface area contributed by atoms with E-state index in [2.05, 4.69) is 64.3 Å². The van der Waals surface area contributed by atoms with E-state index in [4.69, 9.17) is 4.74 Å². The number of aliphatic imine (C=N–C) groups is 1. The first-order valence-electron chi connectivity index (χ1n) is 7.91. The fourth-order valence-corrected chi connectivity index (χ4v) is 3.09. The highest BCUT2D eigenvalue weighted by Crippen LogP contribution is 2.22. The summed E-state index contributed by atoms with van der Waals surface area (Å²) >= 11 is 1.74. The lowest BCUT2D eigenvalue weighted by Crippen LogP contribution is -2.41. The van der Waals surface area contributed by atoms with E-state index >= 15 is 0 Å². The molecule has 0 saturated carbocycles. The van der Waals surface area contributed by atoms with Gasteiger partial charge in [0, 0.05) is 18.5 Å². The summed E-state index contributed by atoms with van der Waals surface area (Å²) < 4.78 is 5.34. The van der Waals surface area contributed by atoms with Crippen molar-refractivity contribution >= 4 is 17.3 Å². The van der Waals surface area contributed by atoms with Gasteiger partial charge in [-0.05, 0) is 43.2 Å². The van der Waals surface area contributed by atoms with Crippen LogP contribution in [-0.2, 0) is 6.54 Å². The van der Waals surface area contributed by atoms with E-state index < -0.39 is 0 Å². The molecule has 1 atom stereocenters. The van der Waals surface area contributed by atoms with Gasteiger partial charge in [0.2, 0.25) is 0 Å². The van der Waals surface area contributed by atoms with Gasteiger partial charge in [0.1, 0.15) is 5.75 Å². The Bertz CT molecular complexity index is 640. The number of guanidine groups is 1. The fraction of sp³-hybridized carbons (Fsp3) is 0.389. The van der Waals surface area contributed by atoms with Crippen molar-refractivity contribution in [1.82, 2.24) is 15.5 Å². The lowest BCUT2D eigenvalue weighted by atomic mass is 10.1. The van der Waals surface area contributed by atoms with E-state index in [9.17, 15) is 0 Å². The molecular formula is C18H26N4OS.